The van der Waals surface area contributed by atoms with Crippen LogP contribution in [-0.4, -0.2) is 40.9 Å². The van der Waals surface area contributed by atoms with Gasteiger partial charge in [-0.1, -0.05) is 30.3 Å². The summed E-state index contributed by atoms with van der Waals surface area (Å²) in [7, 11) is 0. The van der Waals surface area contributed by atoms with Crippen LogP contribution in [-0.2, 0) is 4.74 Å². The molecule has 1 unspecified atom stereocenters. The molecule has 0 bridgehead atoms. The highest BCUT2D eigenvalue weighted by Crippen LogP contribution is 2.28. The van der Waals surface area contributed by atoms with Gasteiger partial charge < -0.3 is 14.7 Å². The molecule has 1 amide bonds. The molecule has 1 aromatic carbocycles. The monoisotopic (exact) mass is 263 g/mol. The maximum absolute atomic E-state index is 12.0. The number of β-amino-alcohol motifs (C(OH)–C–C–N with tert-alkyl or cyclic N) is 1. The second-order valence-electron chi connectivity index (χ2n) is 5.97. The van der Waals surface area contributed by atoms with Crippen LogP contribution in [0.2, 0.25) is 0 Å². The standard InChI is InChI=1S/C15H21NO3/c1-15(2,3)19-14(18)16-9-12(13(17)10-16)11-7-5-4-6-8-11/h4-8,12-13,17H,9-10H2,1-3H3/t12?,13-/m0/s1. The maximum atomic E-state index is 12.0. The molecule has 1 aliphatic heterocycles. The first-order valence-corrected chi connectivity index (χ1v) is 6.58. The van der Waals surface area contributed by atoms with E-state index in [0.29, 0.717) is 13.1 Å². The van der Waals surface area contributed by atoms with E-state index in [4.69, 9.17) is 4.74 Å². The molecule has 2 rings (SSSR count). The van der Waals surface area contributed by atoms with Crippen LogP contribution in [0.5, 0.6) is 0 Å². The Balaban J connectivity index is 2.04. The first-order chi connectivity index (χ1) is 8.87. The average Bonchev–Trinajstić information content (AvgIpc) is 2.70. The first-order valence-electron chi connectivity index (χ1n) is 6.58. The van der Waals surface area contributed by atoms with Gasteiger partial charge in [-0.25, -0.2) is 4.79 Å². The van der Waals surface area contributed by atoms with Crippen LogP contribution in [0.15, 0.2) is 30.3 Å². The van der Waals surface area contributed by atoms with Gasteiger partial charge in [0.15, 0.2) is 0 Å². The number of nitrogens with zero attached hydrogens (tertiary/aromatic N) is 1. The summed E-state index contributed by atoms with van der Waals surface area (Å²) in [4.78, 5) is 13.6. The largest absolute Gasteiger partial charge is 0.444 e. The third-order valence-corrected chi connectivity index (χ3v) is 3.17. The number of ether oxygens (including phenoxy) is 1. The zero-order valence-corrected chi connectivity index (χ0v) is 11.7. The smallest absolute Gasteiger partial charge is 0.410 e. The van der Waals surface area contributed by atoms with Crippen molar-refractivity contribution in [2.75, 3.05) is 13.1 Å². The minimum atomic E-state index is -0.532. The van der Waals surface area contributed by atoms with E-state index in [1.54, 1.807) is 4.90 Å². The molecule has 0 radical (unpaired) electrons. The third-order valence-electron chi connectivity index (χ3n) is 3.17. The summed E-state index contributed by atoms with van der Waals surface area (Å²) >= 11 is 0. The lowest BCUT2D eigenvalue weighted by Crippen LogP contribution is -2.35. The Hall–Kier alpha value is -1.55. The van der Waals surface area contributed by atoms with Crippen LogP contribution >= 0.6 is 0 Å². The Morgan fingerprint density at radius 1 is 1.26 bits per heavy atom. The zero-order valence-electron chi connectivity index (χ0n) is 11.7. The molecule has 19 heavy (non-hydrogen) atoms. The van der Waals surface area contributed by atoms with Gasteiger partial charge in [-0.2, -0.15) is 0 Å². The molecule has 1 aromatic rings. The molecule has 1 N–H and O–H groups in total. The van der Waals surface area contributed by atoms with Crippen molar-refractivity contribution in [2.45, 2.75) is 38.4 Å². The number of hydrogen-bond acceptors (Lipinski definition) is 3. The topological polar surface area (TPSA) is 49.8 Å². The Labute approximate surface area is 114 Å². The molecule has 2 atom stereocenters. The van der Waals surface area contributed by atoms with Gasteiger partial charge >= 0.3 is 6.09 Å². The highest BCUT2D eigenvalue weighted by atomic mass is 16.6. The van der Waals surface area contributed by atoms with E-state index in [1.165, 1.54) is 0 Å². The highest BCUT2D eigenvalue weighted by Gasteiger charge is 2.36. The van der Waals surface area contributed by atoms with Crippen molar-refractivity contribution in [3.05, 3.63) is 35.9 Å². The fourth-order valence-corrected chi connectivity index (χ4v) is 2.29. The Morgan fingerprint density at radius 2 is 1.89 bits per heavy atom. The van der Waals surface area contributed by atoms with Crippen molar-refractivity contribution in [3.63, 3.8) is 0 Å². The highest BCUT2D eigenvalue weighted by molar-refractivity contribution is 5.68. The maximum Gasteiger partial charge on any atom is 0.410 e. The fraction of sp³-hybridized carbons (Fsp3) is 0.533. The zero-order chi connectivity index (χ0) is 14.0. The van der Waals surface area contributed by atoms with Crippen LogP contribution < -0.4 is 0 Å². The van der Waals surface area contributed by atoms with Gasteiger partial charge in [-0.3, -0.25) is 0 Å². The number of aliphatic hydroxyl groups excluding tert-OH is 1. The van der Waals surface area contributed by atoms with E-state index in [9.17, 15) is 9.90 Å². The lowest BCUT2D eigenvalue weighted by Gasteiger charge is -2.24. The van der Waals surface area contributed by atoms with E-state index >= 15 is 0 Å². The van der Waals surface area contributed by atoms with Gasteiger partial charge in [-0.05, 0) is 26.3 Å². The van der Waals surface area contributed by atoms with E-state index in [-0.39, 0.29) is 12.0 Å². The van der Waals surface area contributed by atoms with Crippen molar-refractivity contribution in [1.29, 1.82) is 0 Å². The fourth-order valence-electron chi connectivity index (χ4n) is 2.29. The summed E-state index contributed by atoms with van der Waals surface area (Å²) in [6, 6.07) is 9.78. The van der Waals surface area contributed by atoms with Gasteiger partial charge in [-0.15, -0.1) is 0 Å². The molecule has 0 aliphatic carbocycles. The summed E-state index contributed by atoms with van der Waals surface area (Å²) < 4.78 is 5.33. The molecule has 1 heterocycles. The summed E-state index contributed by atoms with van der Waals surface area (Å²) in [6.45, 7) is 6.35. The van der Waals surface area contributed by atoms with Crippen molar-refractivity contribution in [1.82, 2.24) is 4.90 Å². The predicted octanol–water partition coefficient (Wildman–Crippen LogP) is 2.38. The van der Waals surface area contributed by atoms with Crippen LogP contribution in [0.1, 0.15) is 32.3 Å². The van der Waals surface area contributed by atoms with Crippen LogP contribution in [0, 0.1) is 0 Å². The number of likely N-dealkylation sites (tertiary alicyclic amines) is 1. The predicted molar refractivity (Wildman–Crippen MR) is 73.0 cm³/mol. The molecule has 0 saturated carbocycles. The van der Waals surface area contributed by atoms with Gasteiger partial charge in [0.1, 0.15) is 5.60 Å². The van der Waals surface area contributed by atoms with E-state index in [0.717, 1.165) is 5.56 Å². The molecule has 4 heteroatoms. The van der Waals surface area contributed by atoms with E-state index in [1.807, 2.05) is 51.1 Å². The SMILES string of the molecule is CC(C)(C)OC(=O)N1CC(c2ccccc2)[C@@H](O)C1. The normalized spacial score (nSPS) is 23.5. The molecule has 1 saturated heterocycles. The van der Waals surface area contributed by atoms with Gasteiger partial charge in [0.05, 0.1) is 12.6 Å². The number of carbonyl (C=O) groups is 1. The van der Waals surface area contributed by atoms with Crippen LogP contribution in [0.4, 0.5) is 4.79 Å². The quantitative estimate of drug-likeness (QED) is 0.846. The van der Waals surface area contributed by atoms with Crippen molar-refractivity contribution in [3.8, 4) is 0 Å². The molecular formula is C15H21NO3. The van der Waals surface area contributed by atoms with Crippen LogP contribution in [0.3, 0.4) is 0 Å². The molecule has 1 fully saturated rings. The Bertz CT molecular complexity index is 438. The van der Waals surface area contributed by atoms with E-state index < -0.39 is 11.7 Å². The second kappa shape index (κ2) is 5.21. The van der Waals surface area contributed by atoms with Crippen molar-refractivity contribution >= 4 is 6.09 Å². The first kappa shape index (κ1) is 13.9. The molecular weight excluding hydrogens is 242 g/mol. The van der Waals surface area contributed by atoms with Crippen molar-refractivity contribution in [2.24, 2.45) is 0 Å². The molecule has 104 valence electrons. The summed E-state index contributed by atoms with van der Waals surface area (Å²) in [5, 5.41) is 10.1. The van der Waals surface area contributed by atoms with Crippen molar-refractivity contribution < 1.29 is 14.6 Å². The molecule has 1 aliphatic rings. The number of aliphatic hydroxyl groups is 1. The average molecular weight is 263 g/mol. The number of hydrogen-bond donors (Lipinski definition) is 1. The summed E-state index contributed by atoms with van der Waals surface area (Å²) in [6.07, 6.45) is -0.889. The lowest BCUT2D eigenvalue weighted by molar-refractivity contribution is 0.0270. The third kappa shape index (κ3) is 3.47. The Kier molecular flexibility index (Phi) is 3.80. The van der Waals surface area contributed by atoms with Gasteiger partial charge in [0, 0.05) is 12.5 Å². The number of benzene rings is 1. The molecule has 0 aromatic heterocycles. The van der Waals surface area contributed by atoms with Gasteiger partial charge in [0.25, 0.3) is 0 Å². The number of carbonyl (C=O) groups excluding carboxylic acids is 1. The molecule has 0 spiro atoms. The molecule has 4 nitrogen and oxygen atoms in total. The number of rotatable bonds is 1. The minimum Gasteiger partial charge on any atom is -0.444 e. The van der Waals surface area contributed by atoms with Crippen LogP contribution in [0.25, 0.3) is 0 Å². The van der Waals surface area contributed by atoms with E-state index in [2.05, 4.69) is 0 Å². The summed E-state index contributed by atoms with van der Waals surface area (Å²) in [5.74, 6) is -0.0336. The summed E-state index contributed by atoms with van der Waals surface area (Å²) in [5.41, 5.74) is 0.549. The lowest BCUT2D eigenvalue weighted by atomic mass is 9.96. The number of amides is 1. The minimum absolute atomic E-state index is 0.0336. The Morgan fingerprint density at radius 3 is 2.47 bits per heavy atom. The van der Waals surface area contributed by atoms with Gasteiger partial charge in [0.2, 0.25) is 0 Å². The second-order valence-corrected chi connectivity index (χ2v) is 5.97.